The van der Waals surface area contributed by atoms with Crippen molar-refractivity contribution in [1.29, 1.82) is 0 Å². The minimum absolute atomic E-state index is 0. The number of hydrogen-bond donors (Lipinski definition) is 2. The van der Waals surface area contributed by atoms with Crippen LogP contribution in [0.2, 0.25) is 0 Å². The number of benzene rings is 2. The van der Waals surface area contributed by atoms with E-state index in [2.05, 4.69) is 47.4 Å². The van der Waals surface area contributed by atoms with Gasteiger partial charge in [-0.2, -0.15) is 0 Å². The molecule has 1 aliphatic carbocycles. The van der Waals surface area contributed by atoms with Gasteiger partial charge in [-0.25, -0.2) is 0 Å². The van der Waals surface area contributed by atoms with Crippen LogP contribution in [0.15, 0.2) is 42.5 Å². The Labute approximate surface area is 175 Å². The van der Waals surface area contributed by atoms with Crippen LogP contribution in [0.25, 0.3) is 10.8 Å². The molecule has 1 aliphatic heterocycles. The average molecular weight is 411 g/mol. The van der Waals surface area contributed by atoms with Crippen molar-refractivity contribution in [2.45, 2.75) is 50.2 Å². The van der Waals surface area contributed by atoms with Gasteiger partial charge in [0.1, 0.15) is 0 Å². The monoisotopic (exact) mass is 410 g/mol. The van der Waals surface area contributed by atoms with E-state index in [0.717, 1.165) is 45.3 Å². The molecule has 4 rings (SSSR count). The molecular formula is C22H32Cl2N2O. The van der Waals surface area contributed by atoms with E-state index in [-0.39, 0.29) is 30.9 Å². The Balaban J connectivity index is 0.00000131. The number of nitrogens with two attached hydrogens (primary N) is 1. The lowest BCUT2D eigenvalue weighted by atomic mass is 9.74. The van der Waals surface area contributed by atoms with E-state index in [9.17, 15) is 5.11 Å². The number of nitrogens with zero attached hydrogens (tertiary/aromatic N) is 1. The standard InChI is InChI=1S/C22H30N2O.2ClH/c23-17-12-13-24(14-17)15-21(20-9-3-4-11-22(20)25)19-10-5-7-16-6-1-2-8-18(16)19;;/h1-2,5-8,10,17,20-22,25H,3-4,9,11-15,23H2;2*1H/t17-,20?,21?,22?;;/m0../s1. The highest BCUT2D eigenvalue weighted by atomic mass is 35.5. The fourth-order valence-corrected chi connectivity index (χ4v) is 4.95. The Morgan fingerprint density at radius 1 is 1.00 bits per heavy atom. The van der Waals surface area contributed by atoms with Crippen LogP contribution in [-0.4, -0.2) is 41.8 Å². The molecule has 0 bridgehead atoms. The van der Waals surface area contributed by atoms with Gasteiger partial charge in [0, 0.05) is 25.0 Å². The van der Waals surface area contributed by atoms with Gasteiger partial charge in [-0.3, -0.25) is 0 Å². The summed E-state index contributed by atoms with van der Waals surface area (Å²) in [5.41, 5.74) is 7.55. The summed E-state index contributed by atoms with van der Waals surface area (Å²) in [4.78, 5) is 2.51. The molecule has 0 amide bonds. The van der Waals surface area contributed by atoms with Gasteiger partial charge >= 0.3 is 0 Å². The minimum Gasteiger partial charge on any atom is -0.393 e. The predicted octanol–water partition coefficient (Wildman–Crippen LogP) is 4.35. The minimum atomic E-state index is -0.172. The number of fused-ring (bicyclic) bond motifs is 1. The largest absolute Gasteiger partial charge is 0.393 e. The van der Waals surface area contributed by atoms with Crippen molar-refractivity contribution >= 4 is 35.6 Å². The maximum atomic E-state index is 10.8. The molecule has 0 aromatic heterocycles. The zero-order chi connectivity index (χ0) is 17.2. The van der Waals surface area contributed by atoms with Crippen LogP contribution in [0.1, 0.15) is 43.6 Å². The number of aliphatic hydroxyl groups is 1. The lowest BCUT2D eigenvalue weighted by Crippen LogP contribution is -2.37. The van der Waals surface area contributed by atoms with Gasteiger partial charge in [-0.05, 0) is 48.1 Å². The first-order valence-corrected chi connectivity index (χ1v) is 9.86. The molecule has 2 fully saturated rings. The van der Waals surface area contributed by atoms with E-state index >= 15 is 0 Å². The van der Waals surface area contributed by atoms with Gasteiger partial charge in [-0.15, -0.1) is 24.8 Å². The summed E-state index contributed by atoms with van der Waals surface area (Å²) in [6, 6.07) is 15.6. The molecule has 0 spiro atoms. The SMILES string of the molecule is Cl.Cl.N[C@H]1CCN(CC(c2cccc3ccccc23)C2CCCCC2O)C1. The second-order valence-corrected chi connectivity index (χ2v) is 8.00. The maximum Gasteiger partial charge on any atom is 0.0574 e. The summed E-state index contributed by atoms with van der Waals surface area (Å²) in [5, 5.41) is 13.4. The van der Waals surface area contributed by atoms with Crippen molar-refractivity contribution in [2.75, 3.05) is 19.6 Å². The third kappa shape index (κ3) is 4.96. The molecule has 1 saturated heterocycles. The Morgan fingerprint density at radius 3 is 2.48 bits per heavy atom. The highest BCUT2D eigenvalue weighted by molar-refractivity contribution is 5.86. The number of hydrogen-bond acceptors (Lipinski definition) is 3. The number of likely N-dealkylation sites (tertiary alicyclic amines) is 1. The lowest BCUT2D eigenvalue weighted by Gasteiger charge is -2.37. The summed E-state index contributed by atoms with van der Waals surface area (Å²) in [7, 11) is 0. The molecule has 1 heterocycles. The summed E-state index contributed by atoms with van der Waals surface area (Å²) in [5.74, 6) is 0.739. The maximum absolute atomic E-state index is 10.8. The molecule has 2 aliphatic rings. The Bertz CT molecular complexity index is 721. The second-order valence-electron chi connectivity index (χ2n) is 8.00. The topological polar surface area (TPSA) is 49.5 Å². The molecule has 3 unspecified atom stereocenters. The predicted molar refractivity (Wildman–Crippen MR) is 118 cm³/mol. The molecule has 4 atom stereocenters. The van der Waals surface area contributed by atoms with Crippen molar-refractivity contribution < 1.29 is 5.11 Å². The van der Waals surface area contributed by atoms with E-state index in [1.165, 1.54) is 22.8 Å². The second kappa shape index (κ2) is 10.1. The third-order valence-electron chi connectivity index (χ3n) is 6.28. The van der Waals surface area contributed by atoms with Crippen LogP contribution >= 0.6 is 24.8 Å². The Morgan fingerprint density at radius 2 is 1.74 bits per heavy atom. The summed E-state index contributed by atoms with van der Waals surface area (Å²) >= 11 is 0. The first kappa shape index (κ1) is 22.4. The van der Waals surface area contributed by atoms with Crippen molar-refractivity contribution in [2.24, 2.45) is 11.7 Å². The molecule has 1 saturated carbocycles. The van der Waals surface area contributed by atoms with Crippen molar-refractivity contribution in [1.82, 2.24) is 4.90 Å². The molecule has 27 heavy (non-hydrogen) atoms. The van der Waals surface area contributed by atoms with Crippen LogP contribution in [0.4, 0.5) is 0 Å². The summed E-state index contributed by atoms with van der Waals surface area (Å²) in [6.07, 6.45) is 5.40. The quantitative estimate of drug-likeness (QED) is 0.787. The Kier molecular flexibility index (Phi) is 8.39. The highest BCUT2D eigenvalue weighted by Crippen LogP contribution is 2.39. The van der Waals surface area contributed by atoms with E-state index in [1.54, 1.807) is 0 Å². The van der Waals surface area contributed by atoms with E-state index in [1.807, 2.05) is 0 Å². The number of halogens is 2. The zero-order valence-corrected chi connectivity index (χ0v) is 17.4. The van der Waals surface area contributed by atoms with Crippen LogP contribution in [0, 0.1) is 5.92 Å². The summed E-state index contributed by atoms with van der Waals surface area (Å²) < 4.78 is 0. The van der Waals surface area contributed by atoms with E-state index in [4.69, 9.17) is 5.73 Å². The van der Waals surface area contributed by atoms with Crippen LogP contribution in [0.5, 0.6) is 0 Å². The van der Waals surface area contributed by atoms with Gasteiger partial charge in [0.2, 0.25) is 0 Å². The van der Waals surface area contributed by atoms with Gasteiger partial charge in [0.15, 0.2) is 0 Å². The average Bonchev–Trinajstić information content (AvgIpc) is 3.05. The highest BCUT2D eigenvalue weighted by Gasteiger charge is 2.34. The first-order chi connectivity index (χ1) is 12.2. The molecular weight excluding hydrogens is 379 g/mol. The van der Waals surface area contributed by atoms with Crippen LogP contribution < -0.4 is 5.73 Å². The molecule has 2 aromatic carbocycles. The smallest absolute Gasteiger partial charge is 0.0574 e. The van der Waals surface area contributed by atoms with E-state index in [0.29, 0.717) is 17.9 Å². The normalized spacial score (nSPS) is 27.0. The van der Waals surface area contributed by atoms with Gasteiger partial charge in [0.25, 0.3) is 0 Å². The molecule has 3 nitrogen and oxygen atoms in total. The molecule has 150 valence electrons. The van der Waals surface area contributed by atoms with Gasteiger partial charge in [0.05, 0.1) is 6.10 Å². The first-order valence-electron chi connectivity index (χ1n) is 9.86. The Hall–Kier alpha value is -0.840. The number of aliphatic hydroxyl groups excluding tert-OH is 1. The lowest BCUT2D eigenvalue weighted by molar-refractivity contribution is 0.0479. The molecule has 0 radical (unpaired) electrons. The molecule has 2 aromatic rings. The summed E-state index contributed by atoms with van der Waals surface area (Å²) in [6.45, 7) is 3.10. The van der Waals surface area contributed by atoms with E-state index < -0.39 is 0 Å². The van der Waals surface area contributed by atoms with Crippen LogP contribution in [0.3, 0.4) is 0 Å². The molecule has 5 heteroatoms. The fourth-order valence-electron chi connectivity index (χ4n) is 4.95. The van der Waals surface area contributed by atoms with Crippen molar-refractivity contribution in [3.05, 3.63) is 48.0 Å². The fraction of sp³-hybridized carbons (Fsp3) is 0.545. The number of rotatable bonds is 4. The van der Waals surface area contributed by atoms with Gasteiger partial charge in [-0.1, -0.05) is 55.3 Å². The zero-order valence-electron chi connectivity index (χ0n) is 15.8. The van der Waals surface area contributed by atoms with Crippen LogP contribution in [-0.2, 0) is 0 Å². The van der Waals surface area contributed by atoms with Crippen molar-refractivity contribution in [3.63, 3.8) is 0 Å². The third-order valence-corrected chi connectivity index (χ3v) is 6.28. The molecule has 3 N–H and O–H groups in total. The van der Waals surface area contributed by atoms with Crippen molar-refractivity contribution in [3.8, 4) is 0 Å². The van der Waals surface area contributed by atoms with Gasteiger partial charge < -0.3 is 15.7 Å².